The van der Waals surface area contributed by atoms with Gasteiger partial charge in [-0.3, -0.25) is 0 Å². The third kappa shape index (κ3) is 5.43. The summed E-state index contributed by atoms with van der Waals surface area (Å²) in [4.78, 5) is 16.0. The first-order valence-electron chi connectivity index (χ1n) is 8.87. The maximum atomic E-state index is 12.2. The highest BCUT2D eigenvalue weighted by Gasteiger charge is 2.11. The second-order valence-corrected chi connectivity index (χ2v) is 6.45. The number of amides is 1. The summed E-state index contributed by atoms with van der Waals surface area (Å²) >= 11 is 0. The van der Waals surface area contributed by atoms with Gasteiger partial charge < -0.3 is 14.5 Å². The molecule has 0 aliphatic rings. The number of ether oxygens (including phenoxy) is 1. The van der Waals surface area contributed by atoms with Crippen molar-refractivity contribution in [2.45, 2.75) is 6.54 Å². The quantitative estimate of drug-likeness (QED) is 0.641. The number of rotatable bonds is 7. The van der Waals surface area contributed by atoms with Crippen LogP contribution in [0.4, 0.5) is 4.79 Å². The van der Waals surface area contributed by atoms with Gasteiger partial charge in [0, 0.05) is 39.1 Å². The molecule has 27 heavy (non-hydrogen) atoms. The first-order chi connectivity index (χ1) is 13.1. The van der Waals surface area contributed by atoms with E-state index in [0.717, 1.165) is 24.6 Å². The van der Waals surface area contributed by atoms with Gasteiger partial charge in [-0.05, 0) is 42.9 Å². The topological polar surface area (TPSA) is 50.6 Å². The van der Waals surface area contributed by atoms with Gasteiger partial charge in [0.1, 0.15) is 11.5 Å². The summed E-state index contributed by atoms with van der Waals surface area (Å²) in [5.74, 6) is 1.64. The highest BCUT2D eigenvalue weighted by molar-refractivity contribution is 5.75. The van der Waals surface area contributed by atoms with Crippen molar-refractivity contribution in [3.63, 3.8) is 0 Å². The molecule has 140 valence electrons. The van der Waals surface area contributed by atoms with E-state index in [4.69, 9.17) is 4.74 Å². The van der Waals surface area contributed by atoms with E-state index >= 15 is 0 Å². The van der Waals surface area contributed by atoms with E-state index in [9.17, 15) is 4.79 Å². The Balaban J connectivity index is 1.46. The number of carbonyl (C=O) groups is 1. The Morgan fingerprint density at radius 3 is 2.33 bits per heavy atom. The fourth-order valence-corrected chi connectivity index (χ4v) is 2.65. The molecule has 0 aliphatic carbocycles. The van der Waals surface area contributed by atoms with Crippen LogP contribution in [-0.4, -0.2) is 52.8 Å². The normalized spacial score (nSPS) is 10.8. The van der Waals surface area contributed by atoms with Crippen molar-refractivity contribution in [1.82, 2.24) is 19.6 Å². The maximum absolute atomic E-state index is 12.2. The van der Waals surface area contributed by atoms with Crippen molar-refractivity contribution in [3.05, 3.63) is 78.6 Å². The van der Waals surface area contributed by atoms with E-state index in [1.165, 1.54) is 10.2 Å². The standard InChI is InChI=1S/C21H24N4O2/c1-23(15-16-24(2)21(26)25-14-6-13-22-25)17-18-9-11-20(12-10-18)27-19-7-4-3-5-8-19/h3-14H,15-17H2,1-2H3. The van der Waals surface area contributed by atoms with E-state index in [0.29, 0.717) is 6.54 Å². The lowest BCUT2D eigenvalue weighted by molar-refractivity contribution is 0.198. The monoisotopic (exact) mass is 364 g/mol. The summed E-state index contributed by atoms with van der Waals surface area (Å²) in [5, 5.41) is 3.97. The number of benzene rings is 2. The number of hydrogen-bond donors (Lipinski definition) is 0. The van der Waals surface area contributed by atoms with Crippen LogP contribution < -0.4 is 4.74 Å². The van der Waals surface area contributed by atoms with Gasteiger partial charge in [-0.1, -0.05) is 30.3 Å². The van der Waals surface area contributed by atoms with Crippen LogP contribution in [0.5, 0.6) is 11.5 Å². The summed E-state index contributed by atoms with van der Waals surface area (Å²) in [7, 11) is 3.83. The molecule has 0 aliphatic heterocycles. The molecule has 0 saturated carbocycles. The van der Waals surface area contributed by atoms with Crippen molar-refractivity contribution in [2.24, 2.45) is 0 Å². The lowest BCUT2D eigenvalue weighted by atomic mass is 10.2. The minimum absolute atomic E-state index is 0.129. The number of aromatic nitrogens is 2. The van der Waals surface area contributed by atoms with Crippen molar-refractivity contribution in [3.8, 4) is 11.5 Å². The number of nitrogens with zero attached hydrogens (tertiary/aromatic N) is 4. The summed E-state index contributed by atoms with van der Waals surface area (Å²) < 4.78 is 7.15. The van der Waals surface area contributed by atoms with E-state index in [1.54, 1.807) is 30.4 Å². The van der Waals surface area contributed by atoms with Gasteiger partial charge >= 0.3 is 6.03 Å². The Bertz CT molecular complexity index is 832. The summed E-state index contributed by atoms with van der Waals surface area (Å²) in [6.07, 6.45) is 3.25. The summed E-state index contributed by atoms with van der Waals surface area (Å²) in [6.45, 7) is 2.20. The fraction of sp³-hybridized carbons (Fsp3) is 0.238. The highest BCUT2D eigenvalue weighted by atomic mass is 16.5. The third-order valence-corrected chi connectivity index (χ3v) is 4.20. The minimum atomic E-state index is -0.129. The zero-order chi connectivity index (χ0) is 19.1. The Morgan fingerprint density at radius 2 is 1.67 bits per heavy atom. The van der Waals surface area contributed by atoms with Crippen LogP contribution in [0.2, 0.25) is 0 Å². The first kappa shape index (κ1) is 18.7. The molecule has 0 unspecified atom stereocenters. The number of likely N-dealkylation sites (N-methyl/N-ethyl adjacent to an activating group) is 2. The van der Waals surface area contributed by atoms with Crippen LogP contribution in [0.3, 0.4) is 0 Å². The second kappa shape index (κ2) is 9.00. The molecule has 6 nitrogen and oxygen atoms in total. The van der Waals surface area contributed by atoms with Crippen molar-refractivity contribution < 1.29 is 9.53 Å². The molecule has 3 rings (SSSR count). The number of para-hydroxylation sites is 1. The van der Waals surface area contributed by atoms with E-state index in [2.05, 4.69) is 22.1 Å². The van der Waals surface area contributed by atoms with Crippen LogP contribution in [-0.2, 0) is 6.54 Å². The van der Waals surface area contributed by atoms with Crippen LogP contribution in [0, 0.1) is 0 Å². The van der Waals surface area contributed by atoms with E-state index in [1.807, 2.05) is 49.5 Å². The molecule has 6 heteroatoms. The van der Waals surface area contributed by atoms with Gasteiger partial charge in [0.05, 0.1) is 0 Å². The van der Waals surface area contributed by atoms with Gasteiger partial charge in [-0.2, -0.15) is 9.78 Å². The molecule has 0 N–H and O–H groups in total. The third-order valence-electron chi connectivity index (χ3n) is 4.20. The summed E-state index contributed by atoms with van der Waals surface area (Å²) in [5.41, 5.74) is 1.19. The van der Waals surface area contributed by atoms with Crippen LogP contribution >= 0.6 is 0 Å². The Morgan fingerprint density at radius 1 is 0.963 bits per heavy atom. The average Bonchev–Trinajstić information content (AvgIpc) is 3.22. The van der Waals surface area contributed by atoms with Gasteiger partial charge in [0.25, 0.3) is 0 Å². The molecule has 3 aromatic rings. The highest BCUT2D eigenvalue weighted by Crippen LogP contribution is 2.21. The molecule has 1 heterocycles. The molecule has 0 saturated heterocycles. The predicted molar refractivity (Wildman–Crippen MR) is 105 cm³/mol. The molecule has 0 atom stereocenters. The molecule has 0 fully saturated rings. The van der Waals surface area contributed by atoms with Crippen LogP contribution in [0.15, 0.2) is 73.1 Å². The maximum Gasteiger partial charge on any atom is 0.344 e. The average molecular weight is 364 g/mol. The first-order valence-corrected chi connectivity index (χ1v) is 8.87. The number of carbonyl (C=O) groups excluding carboxylic acids is 1. The smallest absolute Gasteiger partial charge is 0.344 e. The molecule has 0 spiro atoms. The molecular weight excluding hydrogens is 340 g/mol. The Hall–Kier alpha value is -3.12. The largest absolute Gasteiger partial charge is 0.457 e. The predicted octanol–water partition coefficient (Wildman–Crippen LogP) is 3.71. The summed E-state index contributed by atoms with van der Waals surface area (Å²) in [6, 6.07) is 19.4. The van der Waals surface area contributed by atoms with Gasteiger partial charge in [-0.15, -0.1) is 0 Å². The zero-order valence-electron chi connectivity index (χ0n) is 15.7. The molecule has 0 bridgehead atoms. The van der Waals surface area contributed by atoms with Crippen molar-refractivity contribution >= 4 is 6.03 Å². The molecule has 0 radical (unpaired) electrons. The Labute approximate surface area is 159 Å². The minimum Gasteiger partial charge on any atom is -0.457 e. The lowest BCUT2D eigenvalue weighted by Crippen LogP contribution is -2.37. The van der Waals surface area contributed by atoms with E-state index < -0.39 is 0 Å². The fourth-order valence-electron chi connectivity index (χ4n) is 2.65. The molecule has 1 amide bonds. The van der Waals surface area contributed by atoms with E-state index in [-0.39, 0.29) is 6.03 Å². The van der Waals surface area contributed by atoms with Gasteiger partial charge in [-0.25, -0.2) is 4.79 Å². The Kier molecular flexibility index (Phi) is 6.22. The molecular formula is C21H24N4O2. The molecule has 1 aromatic heterocycles. The number of hydrogen-bond acceptors (Lipinski definition) is 4. The lowest BCUT2D eigenvalue weighted by Gasteiger charge is -2.22. The molecule has 2 aromatic carbocycles. The van der Waals surface area contributed by atoms with Crippen LogP contribution in [0.25, 0.3) is 0 Å². The van der Waals surface area contributed by atoms with Gasteiger partial charge in [0.15, 0.2) is 0 Å². The van der Waals surface area contributed by atoms with Crippen LogP contribution in [0.1, 0.15) is 5.56 Å². The zero-order valence-corrected chi connectivity index (χ0v) is 15.7. The van der Waals surface area contributed by atoms with Gasteiger partial charge in [0.2, 0.25) is 0 Å². The van der Waals surface area contributed by atoms with Crippen molar-refractivity contribution in [2.75, 3.05) is 27.2 Å². The second-order valence-electron chi connectivity index (χ2n) is 6.45. The SMILES string of the molecule is CN(CCN(C)C(=O)n1cccn1)Cc1ccc(Oc2ccccc2)cc1. The van der Waals surface area contributed by atoms with Crippen molar-refractivity contribution in [1.29, 1.82) is 0 Å².